The number of hydrogen-bond donors (Lipinski definition) is 1. The molecule has 1 aliphatic heterocycles. The summed E-state index contributed by atoms with van der Waals surface area (Å²) in [5.41, 5.74) is 0. The number of rotatable bonds is 5. The lowest BCUT2D eigenvalue weighted by molar-refractivity contribution is 0.207. The number of nitrogens with zero attached hydrogens (tertiary/aromatic N) is 1. The standard InChI is InChI=1S/C11H24N2S/c1-10(9-14-3)13(2)8-11-4-6-12-7-5-11/h10-12H,4-9H2,1-3H3. The van der Waals surface area contributed by atoms with Crippen molar-refractivity contribution in [1.82, 2.24) is 10.2 Å². The third-order valence-corrected chi connectivity index (χ3v) is 3.98. The molecular weight excluding hydrogens is 192 g/mol. The fourth-order valence-corrected chi connectivity index (χ4v) is 2.76. The summed E-state index contributed by atoms with van der Waals surface area (Å²) in [6, 6.07) is 0.722. The van der Waals surface area contributed by atoms with E-state index >= 15 is 0 Å². The Bertz CT molecular complexity index is 146. The van der Waals surface area contributed by atoms with E-state index in [1.165, 1.54) is 38.2 Å². The summed E-state index contributed by atoms with van der Waals surface area (Å²) in [5, 5.41) is 3.42. The van der Waals surface area contributed by atoms with Crippen molar-refractivity contribution < 1.29 is 0 Å². The van der Waals surface area contributed by atoms with Crippen molar-refractivity contribution in [2.24, 2.45) is 5.92 Å². The maximum absolute atomic E-state index is 3.42. The van der Waals surface area contributed by atoms with E-state index in [0.29, 0.717) is 0 Å². The second-order valence-corrected chi connectivity index (χ2v) is 5.35. The van der Waals surface area contributed by atoms with E-state index in [1.54, 1.807) is 0 Å². The highest BCUT2D eigenvalue weighted by Crippen LogP contribution is 2.14. The predicted octanol–water partition coefficient (Wildman–Crippen LogP) is 1.67. The fraction of sp³-hybridized carbons (Fsp3) is 1.00. The van der Waals surface area contributed by atoms with Crippen LogP contribution in [0, 0.1) is 5.92 Å². The van der Waals surface area contributed by atoms with E-state index in [2.05, 4.69) is 30.4 Å². The molecule has 2 nitrogen and oxygen atoms in total. The topological polar surface area (TPSA) is 15.3 Å². The smallest absolute Gasteiger partial charge is 0.0155 e. The van der Waals surface area contributed by atoms with Crippen molar-refractivity contribution in [1.29, 1.82) is 0 Å². The van der Waals surface area contributed by atoms with E-state index in [1.807, 2.05) is 11.8 Å². The summed E-state index contributed by atoms with van der Waals surface area (Å²) in [7, 11) is 2.27. The SMILES string of the molecule is CSCC(C)N(C)CC1CCNCC1. The Kier molecular flexibility index (Phi) is 5.90. The lowest BCUT2D eigenvalue weighted by Crippen LogP contribution is -2.39. The maximum atomic E-state index is 3.42. The van der Waals surface area contributed by atoms with Crippen molar-refractivity contribution in [3.63, 3.8) is 0 Å². The largest absolute Gasteiger partial charge is 0.317 e. The summed E-state index contributed by atoms with van der Waals surface area (Å²) in [6.07, 6.45) is 4.90. The second kappa shape index (κ2) is 6.70. The Hall–Kier alpha value is 0.270. The van der Waals surface area contributed by atoms with Crippen molar-refractivity contribution in [2.45, 2.75) is 25.8 Å². The molecule has 3 heteroatoms. The van der Waals surface area contributed by atoms with Gasteiger partial charge in [-0.2, -0.15) is 11.8 Å². The minimum absolute atomic E-state index is 0.722. The lowest BCUT2D eigenvalue weighted by atomic mass is 9.97. The zero-order chi connectivity index (χ0) is 10.4. The minimum Gasteiger partial charge on any atom is -0.317 e. The summed E-state index contributed by atoms with van der Waals surface area (Å²) >= 11 is 1.95. The monoisotopic (exact) mass is 216 g/mol. The van der Waals surface area contributed by atoms with E-state index < -0.39 is 0 Å². The van der Waals surface area contributed by atoms with Crippen LogP contribution in [-0.2, 0) is 0 Å². The van der Waals surface area contributed by atoms with E-state index in [4.69, 9.17) is 0 Å². The Morgan fingerprint density at radius 1 is 1.43 bits per heavy atom. The summed E-state index contributed by atoms with van der Waals surface area (Å²) in [5.74, 6) is 2.17. The minimum atomic E-state index is 0.722. The van der Waals surface area contributed by atoms with Crippen LogP contribution in [-0.4, -0.2) is 49.6 Å². The molecule has 0 aromatic heterocycles. The van der Waals surface area contributed by atoms with Crippen LogP contribution in [0.15, 0.2) is 0 Å². The zero-order valence-corrected chi connectivity index (χ0v) is 10.6. The number of thioether (sulfide) groups is 1. The van der Waals surface area contributed by atoms with Crippen molar-refractivity contribution >= 4 is 11.8 Å². The van der Waals surface area contributed by atoms with Gasteiger partial charge in [-0.3, -0.25) is 0 Å². The molecule has 14 heavy (non-hydrogen) atoms. The Morgan fingerprint density at radius 3 is 2.64 bits per heavy atom. The first-order valence-electron chi connectivity index (χ1n) is 5.64. The highest BCUT2D eigenvalue weighted by Gasteiger charge is 2.17. The van der Waals surface area contributed by atoms with Crippen LogP contribution < -0.4 is 5.32 Å². The Balaban J connectivity index is 2.20. The maximum Gasteiger partial charge on any atom is 0.0155 e. The van der Waals surface area contributed by atoms with Gasteiger partial charge in [-0.15, -0.1) is 0 Å². The summed E-state index contributed by atoms with van der Waals surface area (Å²) in [6.45, 7) is 6.05. The van der Waals surface area contributed by atoms with Gasteiger partial charge in [-0.05, 0) is 52.1 Å². The van der Waals surface area contributed by atoms with Gasteiger partial charge in [0, 0.05) is 18.3 Å². The van der Waals surface area contributed by atoms with Crippen LogP contribution >= 0.6 is 11.8 Å². The van der Waals surface area contributed by atoms with Crippen LogP contribution in [0.25, 0.3) is 0 Å². The van der Waals surface area contributed by atoms with Crippen molar-refractivity contribution in [3.05, 3.63) is 0 Å². The lowest BCUT2D eigenvalue weighted by Gasteiger charge is -2.31. The number of nitrogens with one attached hydrogen (secondary N) is 1. The van der Waals surface area contributed by atoms with Gasteiger partial charge in [0.2, 0.25) is 0 Å². The van der Waals surface area contributed by atoms with Crippen molar-refractivity contribution in [3.8, 4) is 0 Å². The van der Waals surface area contributed by atoms with Crippen LogP contribution in [0.5, 0.6) is 0 Å². The van der Waals surface area contributed by atoms with Crippen LogP contribution in [0.2, 0.25) is 0 Å². The van der Waals surface area contributed by atoms with Gasteiger partial charge in [0.1, 0.15) is 0 Å². The van der Waals surface area contributed by atoms with Crippen LogP contribution in [0.4, 0.5) is 0 Å². The zero-order valence-electron chi connectivity index (χ0n) is 9.75. The van der Waals surface area contributed by atoms with Gasteiger partial charge in [0.05, 0.1) is 0 Å². The summed E-state index contributed by atoms with van der Waals surface area (Å²) in [4.78, 5) is 2.52. The Morgan fingerprint density at radius 2 is 2.07 bits per heavy atom. The molecule has 0 aromatic carbocycles. The first kappa shape index (κ1) is 12.3. The molecule has 84 valence electrons. The highest BCUT2D eigenvalue weighted by molar-refractivity contribution is 7.98. The average Bonchev–Trinajstić information content (AvgIpc) is 2.19. The molecule has 1 N–H and O–H groups in total. The molecule has 1 rings (SSSR count). The predicted molar refractivity (Wildman–Crippen MR) is 66.1 cm³/mol. The fourth-order valence-electron chi connectivity index (χ4n) is 2.02. The normalized spacial score (nSPS) is 21.4. The van der Waals surface area contributed by atoms with Gasteiger partial charge >= 0.3 is 0 Å². The van der Waals surface area contributed by atoms with Crippen LogP contribution in [0.1, 0.15) is 19.8 Å². The third kappa shape index (κ3) is 4.20. The number of hydrogen-bond acceptors (Lipinski definition) is 3. The van der Waals surface area contributed by atoms with Crippen molar-refractivity contribution in [2.75, 3.05) is 38.7 Å². The van der Waals surface area contributed by atoms with Gasteiger partial charge in [-0.25, -0.2) is 0 Å². The molecule has 1 aliphatic rings. The quantitative estimate of drug-likeness (QED) is 0.752. The molecule has 0 saturated carbocycles. The number of piperidine rings is 1. The first-order chi connectivity index (χ1) is 6.74. The average molecular weight is 216 g/mol. The molecule has 0 aromatic rings. The third-order valence-electron chi connectivity index (χ3n) is 3.17. The molecular formula is C11H24N2S. The molecule has 1 atom stereocenters. The molecule has 1 saturated heterocycles. The van der Waals surface area contributed by atoms with E-state index in [-0.39, 0.29) is 0 Å². The molecule has 0 spiro atoms. The Labute approximate surface area is 92.8 Å². The van der Waals surface area contributed by atoms with Crippen LogP contribution in [0.3, 0.4) is 0 Å². The van der Waals surface area contributed by atoms with Gasteiger partial charge in [0.25, 0.3) is 0 Å². The highest BCUT2D eigenvalue weighted by atomic mass is 32.2. The second-order valence-electron chi connectivity index (χ2n) is 4.44. The van der Waals surface area contributed by atoms with Gasteiger partial charge in [-0.1, -0.05) is 0 Å². The molecule has 1 unspecified atom stereocenters. The van der Waals surface area contributed by atoms with E-state index in [0.717, 1.165) is 12.0 Å². The molecule has 0 radical (unpaired) electrons. The first-order valence-corrected chi connectivity index (χ1v) is 7.03. The van der Waals surface area contributed by atoms with Gasteiger partial charge < -0.3 is 10.2 Å². The summed E-state index contributed by atoms with van der Waals surface area (Å²) < 4.78 is 0. The molecule has 0 amide bonds. The molecule has 1 heterocycles. The molecule has 0 bridgehead atoms. The molecule has 1 fully saturated rings. The molecule has 0 aliphatic carbocycles. The van der Waals surface area contributed by atoms with Gasteiger partial charge in [0.15, 0.2) is 0 Å². The van der Waals surface area contributed by atoms with E-state index in [9.17, 15) is 0 Å².